The summed E-state index contributed by atoms with van der Waals surface area (Å²) in [5.41, 5.74) is 1.51. The number of alkyl halides is 1. The van der Waals surface area contributed by atoms with Crippen LogP contribution in [0.1, 0.15) is 6.92 Å². The van der Waals surface area contributed by atoms with E-state index < -0.39 is 5.38 Å². The lowest BCUT2D eigenvalue weighted by atomic mass is 10.2. The summed E-state index contributed by atoms with van der Waals surface area (Å²) < 4.78 is 0. The van der Waals surface area contributed by atoms with Gasteiger partial charge < -0.3 is 5.32 Å². The Bertz CT molecular complexity index is 492. The molecule has 0 aliphatic heterocycles. The number of nitrogens with zero attached hydrogens (tertiary/aromatic N) is 1. The minimum Gasteiger partial charge on any atom is -0.323 e. The van der Waals surface area contributed by atoms with Crippen molar-refractivity contribution in [2.75, 3.05) is 5.32 Å². The molecule has 1 atom stereocenters. The summed E-state index contributed by atoms with van der Waals surface area (Å²) in [4.78, 5) is 11.4. The van der Waals surface area contributed by atoms with E-state index in [9.17, 15) is 4.79 Å². The summed E-state index contributed by atoms with van der Waals surface area (Å²) in [5.74, 6) is -0.223. The van der Waals surface area contributed by atoms with Crippen molar-refractivity contribution in [3.63, 3.8) is 0 Å². The number of H-pyrrole nitrogens is 1. The monoisotopic (exact) mass is 223 g/mol. The number of amides is 1. The summed E-state index contributed by atoms with van der Waals surface area (Å²) >= 11 is 5.67. The van der Waals surface area contributed by atoms with E-state index in [2.05, 4.69) is 15.5 Å². The number of para-hydroxylation sites is 1. The molecule has 1 unspecified atom stereocenters. The summed E-state index contributed by atoms with van der Waals surface area (Å²) in [7, 11) is 0. The molecule has 1 amide bonds. The van der Waals surface area contributed by atoms with Gasteiger partial charge in [0.25, 0.3) is 0 Å². The van der Waals surface area contributed by atoms with Crippen molar-refractivity contribution >= 4 is 34.1 Å². The second-order valence-corrected chi connectivity index (χ2v) is 3.90. The third-order valence-corrected chi connectivity index (χ3v) is 2.29. The number of aromatic nitrogens is 2. The van der Waals surface area contributed by atoms with Gasteiger partial charge >= 0.3 is 0 Å². The number of anilines is 1. The number of carbonyl (C=O) groups is 1. The Morgan fingerprint density at radius 1 is 1.60 bits per heavy atom. The molecule has 1 heterocycles. The van der Waals surface area contributed by atoms with Crippen LogP contribution in [0.3, 0.4) is 0 Å². The van der Waals surface area contributed by atoms with Gasteiger partial charge in [0, 0.05) is 5.39 Å². The quantitative estimate of drug-likeness (QED) is 0.767. The van der Waals surface area contributed by atoms with E-state index in [-0.39, 0.29) is 5.91 Å². The average Bonchev–Trinajstić information content (AvgIpc) is 2.66. The van der Waals surface area contributed by atoms with Crippen molar-refractivity contribution in [1.82, 2.24) is 10.2 Å². The Labute approximate surface area is 91.6 Å². The normalized spacial score (nSPS) is 12.7. The zero-order chi connectivity index (χ0) is 10.8. The van der Waals surface area contributed by atoms with Crippen molar-refractivity contribution in [3.05, 3.63) is 24.4 Å². The number of hydrogen-bond donors (Lipinski definition) is 2. The van der Waals surface area contributed by atoms with E-state index >= 15 is 0 Å². The molecule has 0 spiro atoms. The highest BCUT2D eigenvalue weighted by molar-refractivity contribution is 6.32. The van der Waals surface area contributed by atoms with Crippen molar-refractivity contribution in [3.8, 4) is 0 Å². The lowest BCUT2D eigenvalue weighted by Crippen LogP contribution is -2.20. The lowest BCUT2D eigenvalue weighted by Gasteiger charge is -2.06. The van der Waals surface area contributed by atoms with E-state index in [1.54, 1.807) is 19.2 Å². The van der Waals surface area contributed by atoms with Crippen LogP contribution in [0.4, 0.5) is 5.69 Å². The number of rotatable bonds is 2. The van der Waals surface area contributed by atoms with Crippen LogP contribution in [0, 0.1) is 0 Å². The third kappa shape index (κ3) is 1.94. The topological polar surface area (TPSA) is 57.8 Å². The molecule has 0 radical (unpaired) electrons. The number of carbonyl (C=O) groups excluding carboxylic acids is 1. The van der Waals surface area contributed by atoms with Gasteiger partial charge in [-0.15, -0.1) is 11.6 Å². The third-order valence-electron chi connectivity index (χ3n) is 2.10. The van der Waals surface area contributed by atoms with Gasteiger partial charge in [-0.2, -0.15) is 5.10 Å². The van der Waals surface area contributed by atoms with E-state index in [1.165, 1.54) is 0 Å². The molecule has 4 nitrogen and oxygen atoms in total. The first kappa shape index (κ1) is 9.98. The van der Waals surface area contributed by atoms with Crippen molar-refractivity contribution in [2.45, 2.75) is 12.3 Å². The summed E-state index contributed by atoms with van der Waals surface area (Å²) in [6.45, 7) is 1.63. The molecular formula is C10H10ClN3O. The minimum atomic E-state index is -0.553. The van der Waals surface area contributed by atoms with Gasteiger partial charge in [-0.1, -0.05) is 12.1 Å². The molecule has 1 aromatic carbocycles. The maximum atomic E-state index is 11.4. The van der Waals surface area contributed by atoms with Gasteiger partial charge in [-0.3, -0.25) is 9.89 Å². The molecular weight excluding hydrogens is 214 g/mol. The van der Waals surface area contributed by atoms with Gasteiger partial charge in [-0.25, -0.2) is 0 Å². The van der Waals surface area contributed by atoms with E-state index in [1.807, 2.05) is 12.1 Å². The summed E-state index contributed by atoms with van der Waals surface area (Å²) in [6, 6.07) is 5.57. The molecule has 2 N–H and O–H groups in total. The molecule has 0 saturated carbocycles. The number of halogens is 1. The van der Waals surface area contributed by atoms with Crippen LogP contribution in [0.25, 0.3) is 10.9 Å². The predicted molar refractivity (Wildman–Crippen MR) is 60.0 cm³/mol. The lowest BCUT2D eigenvalue weighted by molar-refractivity contribution is -0.115. The maximum absolute atomic E-state index is 11.4. The van der Waals surface area contributed by atoms with Crippen molar-refractivity contribution < 1.29 is 4.79 Å². The zero-order valence-electron chi connectivity index (χ0n) is 8.12. The predicted octanol–water partition coefficient (Wildman–Crippen LogP) is 2.13. The fourth-order valence-electron chi connectivity index (χ4n) is 1.31. The first-order valence-corrected chi connectivity index (χ1v) is 4.99. The summed E-state index contributed by atoms with van der Waals surface area (Å²) in [6.07, 6.45) is 1.70. The van der Waals surface area contributed by atoms with Crippen LogP contribution < -0.4 is 5.32 Å². The number of fused-ring (bicyclic) bond motifs is 1. The fourth-order valence-corrected chi connectivity index (χ4v) is 1.36. The highest BCUT2D eigenvalue weighted by Gasteiger charge is 2.11. The second-order valence-electron chi connectivity index (χ2n) is 3.25. The first-order valence-electron chi connectivity index (χ1n) is 4.55. The summed E-state index contributed by atoms with van der Waals surface area (Å²) in [5, 5.41) is 9.86. The number of aromatic amines is 1. The first-order chi connectivity index (χ1) is 7.18. The molecule has 78 valence electrons. The van der Waals surface area contributed by atoms with Crippen LogP contribution in [0.15, 0.2) is 24.4 Å². The van der Waals surface area contributed by atoms with Crippen LogP contribution in [-0.4, -0.2) is 21.5 Å². The van der Waals surface area contributed by atoms with Crippen molar-refractivity contribution in [1.29, 1.82) is 0 Å². The molecule has 0 aliphatic rings. The Morgan fingerprint density at radius 3 is 3.13 bits per heavy atom. The SMILES string of the molecule is CC(Cl)C(=O)Nc1cccc2cn[nH]c12. The molecule has 2 aromatic rings. The Morgan fingerprint density at radius 2 is 2.40 bits per heavy atom. The smallest absolute Gasteiger partial charge is 0.242 e. The van der Waals surface area contributed by atoms with E-state index in [0.717, 1.165) is 10.9 Å². The van der Waals surface area contributed by atoms with Crippen LogP contribution in [0.5, 0.6) is 0 Å². The Hall–Kier alpha value is -1.55. The van der Waals surface area contributed by atoms with Crippen molar-refractivity contribution in [2.24, 2.45) is 0 Å². The number of hydrogen-bond acceptors (Lipinski definition) is 2. The molecule has 5 heteroatoms. The van der Waals surface area contributed by atoms with Gasteiger partial charge in [-0.05, 0) is 13.0 Å². The zero-order valence-corrected chi connectivity index (χ0v) is 8.88. The van der Waals surface area contributed by atoms with Gasteiger partial charge in [0.2, 0.25) is 5.91 Å². The van der Waals surface area contributed by atoms with Gasteiger partial charge in [0.15, 0.2) is 0 Å². The molecule has 0 saturated heterocycles. The highest BCUT2D eigenvalue weighted by atomic mass is 35.5. The Balaban J connectivity index is 2.35. The molecule has 1 aromatic heterocycles. The average molecular weight is 224 g/mol. The van der Waals surface area contributed by atoms with Gasteiger partial charge in [0.1, 0.15) is 5.38 Å². The Kier molecular flexibility index (Phi) is 2.60. The van der Waals surface area contributed by atoms with Crippen LogP contribution >= 0.6 is 11.6 Å². The number of benzene rings is 1. The molecule has 15 heavy (non-hydrogen) atoms. The van der Waals surface area contributed by atoms with E-state index in [0.29, 0.717) is 5.69 Å². The fraction of sp³-hybridized carbons (Fsp3) is 0.200. The standard InChI is InChI=1S/C10H10ClN3O/c1-6(11)10(15)13-8-4-2-3-7-5-12-14-9(7)8/h2-6H,1H3,(H,12,14)(H,13,15). The highest BCUT2D eigenvalue weighted by Crippen LogP contribution is 2.20. The molecule has 0 bridgehead atoms. The molecule has 0 fully saturated rings. The van der Waals surface area contributed by atoms with Crippen LogP contribution in [-0.2, 0) is 4.79 Å². The minimum absolute atomic E-state index is 0.223. The van der Waals surface area contributed by atoms with E-state index in [4.69, 9.17) is 11.6 Å². The molecule has 0 aliphatic carbocycles. The molecule has 2 rings (SSSR count). The van der Waals surface area contributed by atoms with Gasteiger partial charge in [0.05, 0.1) is 17.4 Å². The largest absolute Gasteiger partial charge is 0.323 e. The van der Waals surface area contributed by atoms with Crippen LogP contribution in [0.2, 0.25) is 0 Å². The number of nitrogens with one attached hydrogen (secondary N) is 2. The maximum Gasteiger partial charge on any atom is 0.242 e. The second kappa shape index (κ2) is 3.90.